The Bertz CT molecular complexity index is 439. The third-order valence-corrected chi connectivity index (χ3v) is 3.51. The molecule has 2 N–H and O–H groups in total. The minimum atomic E-state index is -2.71. The molecule has 0 spiro atoms. The third kappa shape index (κ3) is 2.38. The molecule has 5 heteroatoms. The highest BCUT2D eigenvalue weighted by atomic mass is 35.5. The quantitative estimate of drug-likeness (QED) is 0.904. The van der Waals surface area contributed by atoms with Crippen molar-refractivity contribution in [3.05, 3.63) is 28.8 Å². The number of aryl methyl sites for hydroxylation is 1. The van der Waals surface area contributed by atoms with Gasteiger partial charge in [0.1, 0.15) is 5.75 Å². The molecular formula is C12H14ClF2NO. The molecule has 1 unspecified atom stereocenters. The SMILES string of the molecule is COc1ccc(CCC2(N)CC2(F)F)cc1Cl. The van der Waals surface area contributed by atoms with Crippen LogP contribution in [0.2, 0.25) is 5.02 Å². The molecule has 0 aliphatic heterocycles. The fraction of sp³-hybridized carbons (Fsp3) is 0.500. The minimum absolute atomic E-state index is 0.218. The van der Waals surface area contributed by atoms with Gasteiger partial charge in [-0.25, -0.2) is 8.78 Å². The fourth-order valence-corrected chi connectivity index (χ4v) is 2.14. The summed E-state index contributed by atoms with van der Waals surface area (Å²) < 4.78 is 30.8. The van der Waals surface area contributed by atoms with E-state index in [1.807, 2.05) is 6.07 Å². The molecule has 17 heavy (non-hydrogen) atoms. The first-order valence-electron chi connectivity index (χ1n) is 5.37. The summed E-state index contributed by atoms with van der Waals surface area (Å²) in [4.78, 5) is 0. The zero-order valence-corrected chi connectivity index (χ0v) is 10.2. The maximum atomic E-state index is 12.9. The lowest BCUT2D eigenvalue weighted by Gasteiger charge is -2.11. The number of hydrogen-bond acceptors (Lipinski definition) is 2. The largest absolute Gasteiger partial charge is 0.495 e. The van der Waals surface area contributed by atoms with E-state index in [-0.39, 0.29) is 12.8 Å². The standard InChI is InChI=1S/C12H14ClF2NO/c1-17-10-3-2-8(6-9(10)13)4-5-11(16)7-12(11,14)15/h2-3,6H,4-5,7,16H2,1H3. The van der Waals surface area contributed by atoms with Gasteiger partial charge < -0.3 is 10.5 Å². The number of alkyl halides is 2. The molecule has 94 valence electrons. The summed E-state index contributed by atoms with van der Waals surface area (Å²) in [5.74, 6) is -2.13. The summed E-state index contributed by atoms with van der Waals surface area (Å²) in [5, 5.41) is 0.485. The second kappa shape index (κ2) is 4.10. The van der Waals surface area contributed by atoms with E-state index in [9.17, 15) is 8.78 Å². The maximum absolute atomic E-state index is 12.9. The van der Waals surface area contributed by atoms with Crippen LogP contribution in [0, 0.1) is 0 Å². The molecule has 0 aromatic heterocycles. The van der Waals surface area contributed by atoms with E-state index in [1.54, 1.807) is 12.1 Å². The van der Waals surface area contributed by atoms with Crippen LogP contribution in [0.25, 0.3) is 0 Å². The lowest BCUT2D eigenvalue weighted by Crippen LogP contribution is -2.30. The van der Waals surface area contributed by atoms with Crippen LogP contribution < -0.4 is 10.5 Å². The van der Waals surface area contributed by atoms with Crippen LogP contribution in [0.15, 0.2) is 18.2 Å². The van der Waals surface area contributed by atoms with Crippen LogP contribution in [0.1, 0.15) is 18.4 Å². The Morgan fingerprint density at radius 2 is 2.12 bits per heavy atom. The van der Waals surface area contributed by atoms with Gasteiger partial charge in [0.25, 0.3) is 5.92 Å². The van der Waals surface area contributed by atoms with E-state index in [0.29, 0.717) is 17.2 Å². The van der Waals surface area contributed by atoms with Gasteiger partial charge in [-0.2, -0.15) is 0 Å². The molecule has 1 fully saturated rings. The molecule has 0 amide bonds. The Hall–Kier alpha value is -0.870. The van der Waals surface area contributed by atoms with E-state index in [1.165, 1.54) is 7.11 Å². The normalized spacial score (nSPS) is 25.7. The number of halogens is 3. The Labute approximate surface area is 104 Å². The molecular weight excluding hydrogens is 248 g/mol. The van der Waals surface area contributed by atoms with Gasteiger partial charge in [-0.3, -0.25) is 0 Å². The van der Waals surface area contributed by atoms with Crippen LogP contribution in [0.4, 0.5) is 8.78 Å². The second-order valence-corrected chi connectivity index (χ2v) is 4.91. The summed E-state index contributed by atoms with van der Waals surface area (Å²) in [5.41, 5.74) is 5.13. The van der Waals surface area contributed by atoms with Crippen molar-refractivity contribution in [3.63, 3.8) is 0 Å². The molecule has 0 radical (unpaired) electrons. The smallest absolute Gasteiger partial charge is 0.267 e. The lowest BCUT2D eigenvalue weighted by molar-refractivity contribution is 0.0873. The Kier molecular flexibility index (Phi) is 3.04. The first kappa shape index (κ1) is 12.6. The summed E-state index contributed by atoms with van der Waals surface area (Å²) in [6.45, 7) is 0. The van der Waals surface area contributed by atoms with E-state index in [4.69, 9.17) is 22.1 Å². The highest BCUT2D eigenvalue weighted by Crippen LogP contribution is 2.53. The predicted octanol–water partition coefficient (Wildman–Crippen LogP) is 3.02. The number of rotatable bonds is 4. The molecule has 0 bridgehead atoms. The number of ether oxygens (including phenoxy) is 1. The summed E-state index contributed by atoms with van der Waals surface area (Å²) in [6.07, 6.45) is 0.544. The summed E-state index contributed by atoms with van der Waals surface area (Å²) in [6, 6.07) is 5.27. The van der Waals surface area contributed by atoms with Crippen molar-refractivity contribution in [2.45, 2.75) is 30.7 Å². The van der Waals surface area contributed by atoms with E-state index in [2.05, 4.69) is 0 Å². The van der Waals surface area contributed by atoms with E-state index >= 15 is 0 Å². The first-order valence-corrected chi connectivity index (χ1v) is 5.75. The molecule has 2 nitrogen and oxygen atoms in total. The van der Waals surface area contributed by atoms with Crippen molar-refractivity contribution in [2.75, 3.05) is 7.11 Å². The van der Waals surface area contributed by atoms with Crippen LogP contribution >= 0.6 is 11.6 Å². The number of nitrogens with two attached hydrogens (primary N) is 1. The molecule has 1 aliphatic rings. The van der Waals surface area contributed by atoms with E-state index < -0.39 is 11.5 Å². The molecule has 2 rings (SSSR count). The van der Waals surface area contributed by atoms with Crippen molar-refractivity contribution < 1.29 is 13.5 Å². The maximum Gasteiger partial charge on any atom is 0.267 e. The van der Waals surface area contributed by atoms with Crippen molar-refractivity contribution >= 4 is 11.6 Å². The van der Waals surface area contributed by atoms with E-state index in [0.717, 1.165) is 5.56 Å². The predicted molar refractivity (Wildman–Crippen MR) is 62.8 cm³/mol. The Balaban J connectivity index is 1.99. The number of methoxy groups -OCH3 is 1. The van der Waals surface area contributed by atoms with Gasteiger partial charge in [0.2, 0.25) is 0 Å². The average molecular weight is 262 g/mol. The van der Waals surface area contributed by atoms with Gasteiger partial charge in [0.15, 0.2) is 0 Å². The molecule has 1 aromatic carbocycles. The zero-order chi connectivity index (χ0) is 12.7. The van der Waals surface area contributed by atoms with Gasteiger partial charge in [-0.05, 0) is 30.5 Å². The highest BCUT2D eigenvalue weighted by molar-refractivity contribution is 6.32. The van der Waals surface area contributed by atoms with Crippen LogP contribution in [-0.2, 0) is 6.42 Å². The number of hydrogen-bond donors (Lipinski definition) is 1. The van der Waals surface area contributed by atoms with Crippen LogP contribution in [-0.4, -0.2) is 18.6 Å². The Morgan fingerprint density at radius 1 is 1.47 bits per heavy atom. The molecule has 0 heterocycles. The topological polar surface area (TPSA) is 35.2 Å². The van der Waals surface area contributed by atoms with Gasteiger partial charge in [0, 0.05) is 6.42 Å². The summed E-state index contributed by atoms with van der Waals surface area (Å²) >= 11 is 5.95. The molecule has 1 aliphatic carbocycles. The molecule has 1 aromatic rings. The zero-order valence-electron chi connectivity index (χ0n) is 9.47. The average Bonchev–Trinajstić information content (AvgIpc) is 2.76. The van der Waals surface area contributed by atoms with Crippen molar-refractivity contribution in [1.82, 2.24) is 0 Å². The third-order valence-electron chi connectivity index (χ3n) is 3.22. The first-order chi connectivity index (χ1) is 7.88. The van der Waals surface area contributed by atoms with Gasteiger partial charge in [0.05, 0.1) is 17.7 Å². The number of benzene rings is 1. The highest BCUT2D eigenvalue weighted by Gasteiger charge is 2.68. The fourth-order valence-electron chi connectivity index (χ4n) is 1.86. The Morgan fingerprint density at radius 3 is 2.59 bits per heavy atom. The van der Waals surface area contributed by atoms with Crippen molar-refractivity contribution in [2.24, 2.45) is 5.73 Å². The van der Waals surface area contributed by atoms with Gasteiger partial charge in [-0.15, -0.1) is 0 Å². The second-order valence-electron chi connectivity index (χ2n) is 4.51. The van der Waals surface area contributed by atoms with Crippen LogP contribution in [0.3, 0.4) is 0 Å². The lowest BCUT2D eigenvalue weighted by atomic mass is 10.0. The molecule has 0 saturated heterocycles. The van der Waals surface area contributed by atoms with Crippen molar-refractivity contribution in [3.8, 4) is 5.75 Å². The van der Waals surface area contributed by atoms with Crippen LogP contribution in [0.5, 0.6) is 5.75 Å². The summed E-state index contributed by atoms with van der Waals surface area (Å²) in [7, 11) is 1.53. The van der Waals surface area contributed by atoms with Gasteiger partial charge in [-0.1, -0.05) is 17.7 Å². The van der Waals surface area contributed by atoms with Crippen molar-refractivity contribution in [1.29, 1.82) is 0 Å². The van der Waals surface area contributed by atoms with Gasteiger partial charge >= 0.3 is 0 Å². The monoisotopic (exact) mass is 261 g/mol. The molecule has 1 atom stereocenters. The minimum Gasteiger partial charge on any atom is -0.495 e. The molecule has 1 saturated carbocycles.